The summed E-state index contributed by atoms with van der Waals surface area (Å²) in [5.74, 6) is 0.740. The van der Waals surface area contributed by atoms with Gasteiger partial charge in [-0.3, -0.25) is 0 Å². The van der Waals surface area contributed by atoms with Crippen LogP contribution in [0.3, 0.4) is 0 Å². The number of hydrogen-bond acceptors (Lipinski definition) is 3. The molecule has 0 saturated heterocycles. The molecular formula is C16H12N4. The van der Waals surface area contributed by atoms with Gasteiger partial charge < -0.3 is 0 Å². The smallest absolute Gasteiger partial charge is 0.147 e. The second-order valence-electron chi connectivity index (χ2n) is 4.44. The first-order chi connectivity index (χ1) is 9.78. The molecule has 0 atom stereocenters. The van der Waals surface area contributed by atoms with Crippen molar-refractivity contribution in [2.24, 2.45) is 0 Å². The molecule has 2 aromatic carbocycles. The molecule has 0 spiro atoms. The fourth-order valence-electron chi connectivity index (χ4n) is 2.10. The largest absolute Gasteiger partial charge is 0.221 e. The van der Waals surface area contributed by atoms with Crippen LogP contribution in [0, 0.1) is 18.3 Å². The van der Waals surface area contributed by atoms with Crippen LogP contribution in [0.1, 0.15) is 11.4 Å². The lowest BCUT2D eigenvalue weighted by Gasteiger charge is -2.05. The number of rotatable bonds is 2. The summed E-state index contributed by atoms with van der Waals surface area (Å²) in [5, 5.41) is 13.4. The zero-order valence-corrected chi connectivity index (χ0v) is 11.0. The molecule has 20 heavy (non-hydrogen) atoms. The van der Waals surface area contributed by atoms with Crippen LogP contribution in [0.5, 0.6) is 0 Å². The lowest BCUT2D eigenvalue weighted by atomic mass is 10.0. The highest BCUT2D eigenvalue weighted by atomic mass is 15.3. The minimum atomic E-state index is 0.678. The minimum absolute atomic E-state index is 0.678. The summed E-state index contributed by atoms with van der Waals surface area (Å²) in [6, 6.07) is 17.7. The Balaban J connectivity index is 2.00. The Morgan fingerprint density at radius 1 is 1.05 bits per heavy atom. The molecule has 1 heterocycles. The summed E-state index contributed by atoms with van der Waals surface area (Å²) >= 11 is 0. The van der Waals surface area contributed by atoms with Crippen molar-refractivity contribution in [1.29, 1.82) is 5.26 Å². The molecule has 0 unspecified atom stereocenters. The van der Waals surface area contributed by atoms with Crippen molar-refractivity contribution in [3.63, 3.8) is 0 Å². The van der Waals surface area contributed by atoms with Crippen molar-refractivity contribution in [1.82, 2.24) is 14.8 Å². The van der Waals surface area contributed by atoms with Gasteiger partial charge in [0.25, 0.3) is 0 Å². The molecule has 0 bridgehead atoms. The third-order valence-corrected chi connectivity index (χ3v) is 3.10. The van der Waals surface area contributed by atoms with Crippen molar-refractivity contribution in [3.05, 3.63) is 66.2 Å². The summed E-state index contributed by atoms with van der Waals surface area (Å²) in [7, 11) is 0. The van der Waals surface area contributed by atoms with Gasteiger partial charge in [0.2, 0.25) is 0 Å². The van der Waals surface area contributed by atoms with Crippen LogP contribution in [0.25, 0.3) is 16.8 Å². The molecule has 4 nitrogen and oxygen atoms in total. The molecule has 3 rings (SSSR count). The number of nitrogens with zero attached hydrogens (tertiary/aromatic N) is 4. The van der Waals surface area contributed by atoms with Gasteiger partial charge in [0, 0.05) is 0 Å². The van der Waals surface area contributed by atoms with Crippen molar-refractivity contribution >= 4 is 0 Å². The van der Waals surface area contributed by atoms with Gasteiger partial charge in [0.15, 0.2) is 0 Å². The van der Waals surface area contributed by atoms with Crippen LogP contribution >= 0.6 is 0 Å². The SMILES string of the molecule is Cc1ncn(-c2ccc(-c3ccccc3C#N)cc2)n1. The average molecular weight is 260 g/mol. The Morgan fingerprint density at radius 3 is 2.45 bits per heavy atom. The molecule has 0 aliphatic heterocycles. The molecule has 0 aliphatic carbocycles. The topological polar surface area (TPSA) is 54.5 Å². The first-order valence-corrected chi connectivity index (χ1v) is 6.26. The fourth-order valence-corrected chi connectivity index (χ4v) is 2.10. The Bertz CT molecular complexity index is 779. The van der Waals surface area contributed by atoms with Crippen molar-refractivity contribution < 1.29 is 0 Å². The van der Waals surface area contributed by atoms with Crippen molar-refractivity contribution in [2.45, 2.75) is 6.92 Å². The van der Waals surface area contributed by atoms with Gasteiger partial charge >= 0.3 is 0 Å². The summed E-state index contributed by atoms with van der Waals surface area (Å²) < 4.78 is 1.73. The Hall–Kier alpha value is -2.93. The van der Waals surface area contributed by atoms with E-state index in [0.29, 0.717) is 5.56 Å². The lowest BCUT2D eigenvalue weighted by Crippen LogP contribution is -1.94. The lowest BCUT2D eigenvalue weighted by molar-refractivity contribution is 0.863. The first-order valence-electron chi connectivity index (χ1n) is 6.26. The standard InChI is InChI=1S/C16H12N4/c1-12-18-11-20(19-12)15-8-6-13(7-9-15)16-5-3-2-4-14(16)10-17/h2-9,11H,1H3. The molecule has 4 heteroatoms. The normalized spacial score (nSPS) is 10.2. The zero-order valence-electron chi connectivity index (χ0n) is 11.0. The first kappa shape index (κ1) is 12.1. The van der Waals surface area contributed by atoms with E-state index in [1.165, 1.54) is 0 Å². The van der Waals surface area contributed by atoms with Crippen LogP contribution in [0.4, 0.5) is 0 Å². The van der Waals surface area contributed by atoms with E-state index in [2.05, 4.69) is 16.2 Å². The Kier molecular flexibility index (Phi) is 3.02. The Morgan fingerprint density at radius 2 is 1.80 bits per heavy atom. The van der Waals surface area contributed by atoms with Gasteiger partial charge in [-0.05, 0) is 36.2 Å². The third kappa shape index (κ3) is 2.17. The Labute approximate surface area is 116 Å². The molecule has 1 aromatic heterocycles. The average Bonchev–Trinajstić information content (AvgIpc) is 2.94. The maximum absolute atomic E-state index is 9.14. The van der Waals surface area contributed by atoms with Crippen LogP contribution in [-0.2, 0) is 0 Å². The summed E-state index contributed by atoms with van der Waals surface area (Å²) in [6.45, 7) is 1.86. The molecule has 96 valence electrons. The van der Waals surface area contributed by atoms with E-state index in [0.717, 1.165) is 22.6 Å². The number of aryl methyl sites for hydroxylation is 1. The number of benzene rings is 2. The van der Waals surface area contributed by atoms with E-state index in [9.17, 15) is 0 Å². The molecular weight excluding hydrogens is 248 g/mol. The van der Waals surface area contributed by atoms with Gasteiger partial charge in [-0.1, -0.05) is 30.3 Å². The van der Waals surface area contributed by atoms with Gasteiger partial charge in [0.05, 0.1) is 17.3 Å². The van der Waals surface area contributed by atoms with E-state index in [4.69, 9.17) is 5.26 Å². The van der Waals surface area contributed by atoms with Crippen LogP contribution < -0.4 is 0 Å². The van der Waals surface area contributed by atoms with Gasteiger partial charge in [0.1, 0.15) is 12.2 Å². The molecule has 0 saturated carbocycles. The van der Waals surface area contributed by atoms with E-state index in [-0.39, 0.29) is 0 Å². The summed E-state index contributed by atoms with van der Waals surface area (Å²) in [4.78, 5) is 4.11. The highest BCUT2D eigenvalue weighted by Gasteiger charge is 2.05. The van der Waals surface area contributed by atoms with Gasteiger partial charge in [-0.15, -0.1) is 0 Å². The maximum atomic E-state index is 9.14. The second kappa shape index (κ2) is 4.98. The molecule has 0 aliphatic rings. The third-order valence-electron chi connectivity index (χ3n) is 3.10. The highest BCUT2D eigenvalue weighted by Crippen LogP contribution is 2.24. The van der Waals surface area contributed by atoms with E-state index in [1.807, 2.05) is 55.5 Å². The van der Waals surface area contributed by atoms with E-state index >= 15 is 0 Å². The fraction of sp³-hybridized carbons (Fsp3) is 0.0625. The van der Waals surface area contributed by atoms with Crippen LogP contribution in [0.15, 0.2) is 54.9 Å². The van der Waals surface area contributed by atoms with E-state index in [1.54, 1.807) is 11.0 Å². The quantitative estimate of drug-likeness (QED) is 0.711. The van der Waals surface area contributed by atoms with Gasteiger partial charge in [-0.2, -0.15) is 10.4 Å². The molecule has 3 aromatic rings. The highest BCUT2D eigenvalue weighted by molar-refractivity contribution is 5.71. The summed E-state index contributed by atoms with van der Waals surface area (Å²) in [6.07, 6.45) is 1.69. The second-order valence-corrected chi connectivity index (χ2v) is 4.44. The van der Waals surface area contributed by atoms with E-state index < -0.39 is 0 Å². The van der Waals surface area contributed by atoms with Gasteiger partial charge in [-0.25, -0.2) is 9.67 Å². The van der Waals surface area contributed by atoms with Crippen LogP contribution in [-0.4, -0.2) is 14.8 Å². The molecule has 0 fully saturated rings. The molecule has 0 amide bonds. The monoisotopic (exact) mass is 260 g/mol. The molecule has 0 radical (unpaired) electrons. The zero-order chi connectivity index (χ0) is 13.9. The number of hydrogen-bond donors (Lipinski definition) is 0. The number of nitriles is 1. The minimum Gasteiger partial charge on any atom is -0.221 e. The van der Waals surface area contributed by atoms with Crippen LogP contribution in [0.2, 0.25) is 0 Å². The predicted molar refractivity (Wildman–Crippen MR) is 76.2 cm³/mol. The molecule has 0 N–H and O–H groups in total. The predicted octanol–water partition coefficient (Wildman–Crippen LogP) is 3.11. The number of aromatic nitrogens is 3. The maximum Gasteiger partial charge on any atom is 0.147 e. The van der Waals surface area contributed by atoms with Crippen molar-refractivity contribution in [2.75, 3.05) is 0 Å². The summed E-state index contributed by atoms with van der Waals surface area (Å²) in [5.41, 5.74) is 3.58. The van der Waals surface area contributed by atoms with Crippen molar-refractivity contribution in [3.8, 4) is 22.9 Å².